The molecule has 0 bridgehead atoms. The van der Waals surface area contributed by atoms with E-state index in [2.05, 4.69) is 39.8 Å². The second-order valence-corrected chi connectivity index (χ2v) is 15.2. The molecule has 11 nitrogen and oxygen atoms in total. The first-order valence-electron chi connectivity index (χ1n) is 17.6. The molecule has 1 fully saturated rings. The number of likely N-dealkylation sites (N-methyl/N-ethyl adjacent to an activating group) is 1. The quantitative estimate of drug-likeness (QED) is 0.147. The summed E-state index contributed by atoms with van der Waals surface area (Å²) in [5.41, 5.74) is 4.58. The zero-order valence-electron chi connectivity index (χ0n) is 30.0. The lowest BCUT2D eigenvalue weighted by Crippen LogP contribution is -2.56. The van der Waals surface area contributed by atoms with E-state index < -0.39 is 29.8 Å². The van der Waals surface area contributed by atoms with Crippen molar-refractivity contribution in [1.29, 1.82) is 0 Å². The predicted molar refractivity (Wildman–Crippen MR) is 199 cm³/mol. The van der Waals surface area contributed by atoms with Crippen molar-refractivity contribution in [3.05, 3.63) is 100 Å². The number of thiazole rings is 1. The average molecular weight is 715 g/mol. The maximum Gasteiger partial charge on any atom is 0.408 e. The number of benzene rings is 2. The molecule has 51 heavy (non-hydrogen) atoms. The van der Waals surface area contributed by atoms with Crippen LogP contribution < -0.4 is 16.0 Å². The Balaban J connectivity index is 1.30. The third kappa shape index (κ3) is 10.0. The van der Waals surface area contributed by atoms with E-state index in [-0.39, 0.29) is 36.8 Å². The molecule has 0 spiro atoms. The van der Waals surface area contributed by atoms with Crippen molar-refractivity contribution in [2.45, 2.75) is 89.6 Å². The molecule has 12 heteroatoms. The van der Waals surface area contributed by atoms with E-state index in [0.717, 1.165) is 33.8 Å². The largest absolute Gasteiger partial charge is 0.444 e. The third-order valence-corrected chi connectivity index (χ3v) is 10.4. The van der Waals surface area contributed by atoms with E-state index in [1.54, 1.807) is 18.8 Å². The molecule has 4 amide bonds. The number of nitrogens with one attached hydrogen (secondary N) is 3. The second-order valence-electron chi connectivity index (χ2n) is 14.2. The molecule has 0 saturated heterocycles. The second kappa shape index (κ2) is 17.1. The molecular formula is C39H50N6O5S. The molecule has 1 aliphatic heterocycles. The van der Waals surface area contributed by atoms with E-state index >= 15 is 0 Å². The summed E-state index contributed by atoms with van der Waals surface area (Å²) < 4.78 is 5.52. The number of aliphatic hydroxyl groups excluding tert-OH is 1. The first-order chi connectivity index (χ1) is 24.4. The van der Waals surface area contributed by atoms with Gasteiger partial charge in [-0.15, -0.1) is 11.3 Å². The number of hydrogen-bond donors (Lipinski definition) is 4. The smallest absolute Gasteiger partial charge is 0.408 e. The fraction of sp³-hybridized carbons (Fsp3) is 0.462. The van der Waals surface area contributed by atoms with Gasteiger partial charge in [0.05, 0.1) is 34.3 Å². The monoisotopic (exact) mass is 714 g/mol. The molecule has 1 saturated carbocycles. The lowest BCUT2D eigenvalue weighted by Gasteiger charge is -2.31. The lowest BCUT2D eigenvalue weighted by atomic mass is 9.92. The van der Waals surface area contributed by atoms with Crippen molar-refractivity contribution >= 4 is 35.1 Å². The van der Waals surface area contributed by atoms with Gasteiger partial charge >= 0.3 is 12.1 Å². The molecule has 5 rings (SSSR count). The minimum Gasteiger partial charge on any atom is -0.444 e. The van der Waals surface area contributed by atoms with Crippen LogP contribution in [-0.4, -0.2) is 76.1 Å². The number of allylic oxidation sites excluding steroid dienone is 1. The van der Waals surface area contributed by atoms with E-state index in [1.807, 2.05) is 80.6 Å². The highest BCUT2D eigenvalue weighted by Crippen LogP contribution is 2.54. The van der Waals surface area contributed by atoms with Crippen LogP contribution >= 0.6 is 11.3 Å². The highest BCUT2D eigenvalue weighted by Gasteiger charge is 2.61. The number of rotatable bonds is 16. The van der Waals surface area contributed by atoms with Crippen LogP contribution in [0.25, 0.3) is 0 Å². The van der Waals surface area contributed by atoms with Gasteiger partial charge in [0.15, 0.2) is 0 Å². The number of nitrogens with zero attached hydrogens (tertiary/aromatic N) is 3. The molecule has 0 radical (unpaired) electrons. The van der Waals surface area contributed by atoms with Crippen molar-refractivity contribution in [2.24, 2.45) is 16.8 Å². The molecule has 2 aromatic carbocycles. The van der Waals surface area contributed by atoms with Gasteiger partial charge in [-0.3, -0.25) is 14.8 Å². The third-order valence-electron chi connectivity index (χ3n) is 9.62. The average Bonchev–Trinajstić information content (AvgIpc) is 3.39. The highest BCUT2D eigenvalue weighted by atomic mass is 32.1. The summed E-state index contributed by atoms with van der Waals surface area (Å²) in [5.74, 6) is -0.367. The lowest BCUT2D eigenvalue weighted by molar-refractivity contribution is -0.124. The fourth-order valence-electron chi connectivity index (χ4n) is 6.56. The molecule has 3 aromatic rings. The first-order valence-corrected chi connectivity index (χ1v) is 18.5. The molecular weight excluding hydrogens is 665 g/mol. The summed E-state index contributed by atoms with van der Waals surface area (Å²) in [7, 11) is 1.69. The molecule has 2 aliphatic rings. The van der Waals surface area contributed by atoms with E-state index in [4.69, 9.17) is 4.74 Å². The summed E-state index contributed by atoms with van der Waals surface area (Å²) >= 11 is 1.39. The minimum absolute atomic E-state index is 0.0761. The topological polar surface area (TPSA) is 145 Å². The Kier molecular flexibility index (Phi) is 12.6. The zero-order chi connectivity index (χ0) is 36.5. The van der Waals surface area contributed by atoms with Gasteiger partial charge in [0.25, 0.3) is 0 Å². The van der Waals surface area contributed by atoms with Gasteiger partial charge in [-0.1, -0.05) is 94.4 Å². The van der Waals surface area contributed by atoms with Crippen LogP contribution in [0.15, 0.2) is 89.1 Å². The summed E-state index contributed by atoms with van der Waals surface area (Å²) in [5, 5.41) is 21.0. The normalized spacial score (nSPS) is 19.8. The Labute approximate surface area is 304 Å². The van der Waals surface area contributed by atoms with Crippen LogP contribution in [0.2, 0.25) is 0 Å². The molecule has 2 heterocycles. The minimum atomic E-state index is -1.03. The maximum atomic E-state index is 14.0. The van der Waals surface area contributed by atoms with Gasteiger partial charge in [0.2, 0.25) is 5.91 Å². The van der Waals surface area contributed by atoms with E-state index in [0.29, 0.717) is 25.3 Å². The van der Waals surface area contributed by atoms with Crippen LogP contribution in [0, 0.1) is 11.8 Å². The molecule has 3 unspecified atom stereocenters. The van der Waals surface area contributed by atoms with Crippen LogP contribution in [0.3, 0.4) is 0 Å². The number of carbonyl (C=O) groups excluding carboxylic acids is 3. The van der Waals surface area contributed by atoms with Gasteiger partial charge in [0, 0.05) is 37.3 Å². The Morgan fingerprint density at radius 1 is 1.04 bits per heavy atom. The number of carbonyl (C=O) groups is 3. The van der Waals surface area contributed by atoms with Gasteiger partial charge in [-0.2, -0.15) is 0 Å². The van der Waals surface area contributed by atoms with Crippen molar-refractivity contribution in [3.8, 4) is 0 Å². The Hall–Kier alpha value is -4.55. The van der Waals surface area contributed by atoms with Gasteiger partial charge in [0.1, 0.15) is 12.6 Å². The number of aliphatic imine (C=N–C) groups is 1. The van der Waals surface area contributed by atoms with Gasteiger partial charge < -0.3 is 30.7 Å². The Bertz CT molecular complexity index is 1680. The highest BCUT2D eigenvalue weighted by molar-refractivity contribution is 7.09. The summed E-state index contributed by atoms with van der Waals surface area (Å²) in [4.78, 5) is 51.5. The van der Waals surface area contributed by atoms with Crippen LogP contribution in [0.1, 0.15) is 68.9 Å². The van der Waals surface area contributed by atoms with Crippen molar-refractivity contribution in [3.63, 3.8) is 0 Å². The van der Waals surface area contributed by atoms with Crippen molar-refractivity contribution in [2.75, 3.05) is 13.6 Å². The molecule has 1 aliphatic carbocycles. The number of aromatic nitrogens is 1. The summed E-state index contributed by atoms with van der Waals surface area (Å²) in [6, 6.07) is 17.8. The first kappa shape index (κ1) is 37.7. The molecule has 272 valence electrons. The molecule has 5 atom stereocenters. The Morgan fingerprint density at radius 2 is 1.75 bits per heavy atom. The predicted octanol–water partition coefficient (Wildman–Crippen LogP) is 5.82. The van der Waals surface area contributed by atoms with Crippen LogP contribution in [-0.2, 0) is 22.6 Å². The number of hydrogen-bond acceptors (Lipinski definition) is 8. The molecule has 1 aromatic heterocycles. The summed E-state index contributed by atoms with van der Waals surface area (Å²) in [6.07, 6.45) is 3.92. The number of urea groups is 1. The number of alkyl carbamates (subject to hydrolysis) is 1. The van der Waals surface area contributed by atoms with Crippen LogP contribution in [0.5, 0.6) is 0 Å². The maximum absolute atomic E-state index is 14.0. The van der Waals surface area contributed by atoms with Crippen molar-refractivity contribution in [1.82, 2.24) is 25.8 Å². The van der Waals surface area contributed by atoms with Crippen LogP contribution in [0.4, 0.5) is 9.59 Å². The van der Waals surface area contributed by atoms with Gasteiger partial charge in [-0.05, 0) is 42.2 Å². The Morgan fingerprint density at radius 3 is 2.37 bits per heavy atom. The SMILES string of the molecule is CC(C)C1=NC(CN(C)C(=O)N[C@H](C(=O)NC(Cc2ccccc2)C[C@H](O)C2(NC(=O)OCc3cncs3)CC2c2ccccc2)C(C)C)=CC1. The van der Waals surface area contributed by atoms with Crippen molar-refractivity contribution < 1.29 is 24.2 Å². The van der Waals surface area contributed by atoms with E-state index in [9.17, 15) is 19.5 Å². The van der Waals surface area contributed by atoms with E-state index in [1.165, 1.54) is 16.2 Å². The number of aliphatic hydroxyl groups is 1. The molecule has 4 N–H and O–H groups in total. The fourth-order valence-corrected chi connectivity index (χ4v) is 7.07. The zero-order valence-corrected chi connectivity index (χ0v) is 30.9. The van der Waals surface area contributed by atoms with Gasteiger partial charge in [-0.25, -0.2) is 9.59 Å². The summed E-state index contributed by atoms with van der Waals surface area (Å²) in [6.45, 7) is 8.38. The standard InChI is InChI=1S/C39H50N6O5S/c1-25(2)33-17-16-29(41-33)22-45(5)37(48)43-35(26(3)4)36(47)42-30(18-27-12-8-6-9-13-27)19-34(46)39(20-32(39)28-14-10-7-11-15-28)44-38(49)50-23-31-21-40-24-51-31/h6-16,21,24-26,30,32,34-35,46H,17-20,22-23H2,1-5H3,(H,42,47)(H,43,48)(H,44,49)/t30?,32?,34-,35-,39?/m0/s1. The number of amides is 4. The number of ether oxygens (including phenoxy) is 1.